The predicted molar refractivity (Wildman–Crippen MR) is 68.8 cm³/mol. The molecule has 0 saturated carbocycles. The van der Waals surface area contributed by atoms with Gasteiger partial charge in [0, 0.05) is 12.6 Å². The van der Waals surface area contributed by atoms with Gasteiger partial charge in [0.2, 0.25) is 5.91 Å². The Morgan fingerprint density at radius 2 is 2.44 bits per heavy atom. The standard InChI is InChI=1S/C14H19FN2O/c1-10(11-4-2-5-12(15)8-11)14(18)17-9-13-6-3-7-16-13/h2,4-5,8,10,13,16H,3,6-7,9H2,1H3,(H,17,18). The highest BCUT2D eigenvalue weighted by molar-refractivity contribution is 5.83. The van der Waals surface area contributed by atoms with Crippen LogP contribution in [0.25, 0.3) is 0 Å². The average molecular weight is 250 g/mol. The molecule has 0 bridgehead atoms. The summed E-state index contributed by atoms with van der Waals surface area (Å²) in [6.07, 6.45) is 2.27. The van der Waals surface area contributed by atoms with Crippen LogP contribution in [-0.4, -0.2) is 25.0 Å². The lowest BCUT2D eigenvalue weighted by Crippen LogP contribution is -2.38. The van der Waals surface area contributed by atoms with Gasteiger partial charge in [0.1, 0.15) is 5.82 Å². The van der Waals surface area contributed by atoms with Crippen LogP contribution in [0, 0.1) is 5.82 Å². The summed E-state index contributed by atoms with van der Waals surface area (Å²) in [6.45, 7) is 3.48. The first kappa shape index (κ1) is 13.0. The first-order valence-corrected chi connectivity index (χ1v) is 6.43. The van der Waals surface area contributed by atoms with Gasteiger partial charge in [-0.05, 0) is 44.0 Å². The predicted octanol–water partition coefficient (Wildman–Crippen LogP) is 1.80. The zero-order chi connectivity index (χ0) is 13.0. The van der Waals surface area contributed by atoms with E-state index in [2.05, 4.69) is 10.6 Å². The second-order valence-corrected chi connectivity index (χ2v) is 4.82. The first-order valence-electron chi connectivity index (χ1n) is 6.43. The van der Waals surface area contributed by atoms with Gasteiger partial charge in [-0.15, -0.1) is 0 Å². The molecule has 1 aliphatic rings. The monoisotopic (exact) mass is 250 g/mol. The largest absolute Gasteiger partial charge is 0.354 e. The van der Waals surface area contributed by atoms with Gasteiger partial charge in [0.25, 0.3) is 0 Å². The van der Waals surface area contributed by atoms with E-state index in [1.165, 1.54) is 18.6 Å². The number of halogens is 1. The molecule has 98 valence electrons. The summed E-state index contributed by atoms with van der Waals surface area (Å²) in [7, 11) is 0. The van der Waals surface area contributed by atoms with Gasteiger partial charge in [0.15, 0.2) is 0 Å². The van der Waals surface area contributed by atoms with E-state index in [-0.39, 0.29) is 17.6 Å². The van der Waals surface area contributed by atoms with Crippen LogP contribution in [0.1, 0.15) is 31.2 Å². The molecule has 0 aromatic heterocycles. The minimum absolute atomic E-state index is 0.0469. The first-order chi connectivity index (χ1) is 8.66. The molecular formula is C14H19FN2O. The molecule has 1 amide bonds. The Hall–Kier alpha value is -1.42. The minimum atomic E-state index is -0.317. The highest BCUT2D eigenvalue weighted by Gasteiger charge is 2.18. The lowest BCUT2D eigenvalue weighted by Gasteiger charge is -2.15. The van der Waals surface area contributed by atoms with Crippen LogP contribution in [0.2, 0.25) is 0 Å². The maximum atomic E-state index is 13.1. The van der Waals surface area contributed by atoms with Crippen molar-refractivity contribution in [2.45, 2.75) is 31.7 Å². The molecule has 1 aromatic rings. The van der Waals surface area contributed by atoms with Crippen molar-refractivity contribution in [1.82, 2.24) is 10.6 Å². The van der Waals surface area contributed by atoms with Gasteiger partial charge >= 0.3 is 0 Å². The molecule has 2 N–H and O–H groups in total. The quantitative estimate of drug-likeness (QED) is 0.855. The number of carbonyl (C=O) groups excluding carboxylic acids is 1. The second-order valence-electron chi connectivity index (χ2n) is 4.82. The van der Waals surface area contributed by atoms with Crippen molar-refractivity contribution in [3.8, 4) is 0 Å². The molecule has 0 spiro atoms. The third-order valence-corrected chi connectivity index (χ3v) is 3.43. The highest BCUT2D eigenvalue weighted by atomic mass is 19.1. The fourth-order valence-corrected chi connectivity index (χ4v) is 2.24. The molecule has 2 rings (SSSR count). The molecule has 3 nitrogen and oxygen atoms in total. The van der Waals surface area contributed by atoms with Crippen molar-refractivity contribution in [3.63, 3.8) is 0 Å². The van der Waals surface area contributed by atoms with Crippen LogP contribution < -0.4 is 10.6 Å². The normalized spacial score (nSPS) is 20.7. The number of nitrogens with one attached hydrogen (secondary N) is 2. The van der Waals surface area contributed by atoms with Gasteiger partial charge in [-0.3, -0.25) is 4.79 Å². The zero-order valence-corrected chi connectivity index (χ0v) is 10.6. The summed E-state index contributed by atoms with van der Waals surface area (Å²) in [4.78, 5) is 12.0. The van der Waals surface area contributed by atoms with Crippen molar-refractivity contribution in [3.05, 3.63) is 35.6 Å². The van der Waals surface area contributed by atoms with Gasteiger partial charge in [-0.25, -0.2) is 4.39 Å². The summed E-state index contributed by atoms with van der Waals surface area (Å²) in [6, 6.07) is 6.59. The van der Waals surface area contributed by atoms with Crippen LogP contribution in [0.4, 0.5) is 4.39 Å². The van der Waals surface area contributed by atoms with E-state index in [9.17, 15) is 9.18 Å². The van der Waals surface area contributed by atoms with Crippen LogP contribution >= 0.6 is 0 Å². The minimum Gasteiger partial charge on any atom is -0.354 e. The number of carbonyl (C=O) groups is 1. The number of amides is 1. The maximum Gasteiger partial charge on any atom is 0.227 e. The van der Waals surface area contributed by atoms with E-state index >= 15 is 0 Å². The topological polar surface area (TPSA) is 41.1 Å². The van der Waals surface area contributed by atoms with Gasteiger partial charge in [-0.2, -0.15) is 0 Å². The summed E-state index contributed by atoms with van der Waals surface area (Å²) >= 11 is 0. The summed E-state index contributed by atoms with van der Waals surface area (Å²) < 4.78 is 13.1. The molecule has 0 radical (unpaired) electrons. The van der Waals surface area contributed by atoms with Crippen LogP contribution in [-0.2, 0) is 4.79 Å². The summed E-state index contributed by atoms with van der Waals surface area (Å²) in [5, 5.41) is 6.24. The van der Waals surface area contributed by atoms with Crippen molar-refractivity contribution < 1.29 is 9.18 Å². The number of hydrogen-bond donors (Lipinski definition) is 2. The van der Waals surface area contributed by atoms with Crippen molar-refractivity contribution in [2.24, 2.45) is 0 Å². The second kappa shape index (κ2) is 5.96. The van der Waals surface area contributed by atoms with Gasteiger partial charge < -0.3 is 10.6 Å². The Balaban J connectivity index is 1.87. The molecule has 1 aromatic carbocycles. The van der Waals surface area contributed by atoms with E-state index in [1.54, 1.807) is 19.1 Å². The fraction of sp³-hybridized carbons (Fsp3) is 0.500. The lowest BCUT2D eigenvalue weighted by molar-refractivity contribution is -0.122. The molecular weight excluding hydrogens is 231 g/mol. The molecule has 2 atom stereocenters. The smallest absolute Gasteiger partial charge is 0.227 e. The number of rotatable bonds is 4. The molecule has 1 aliphatic heterocycles. The fourth-order valence-electron chi connectivity index (χ4n) is 2.24. The van der Waals surface area contributed by atoms with Crippen molar-refractivity contribution in [1.29, 1.82) is 0 Å². The van der Waals surface area contributed by atoms with E-state index in [0.29, 0.717) is 18.2 Å². The molecule has 4 heteroatoms. The molecule has 1 heterocycles. The number of benzene rings is 1. The molecule has 2 unspecified atom stereocenters. The summed E-state index contributed by atoms with van der Waals surface area (Å²) in [5.41, 5.74) is 0.715. The Morgan fingerprint density at radius 3 is 3.11 bits per heavy atom. The lowest BCUT2D eigenvalue weighted by atomic mass is 10.0. The third-order valence-electron chi connectivity index (χ3n) is 3.43. The van der Waals surface area contributed by atoms with Crippen LogP contribution in [0.5, 0.6) is 0 Å². The Morgan fingerprint density at radius 1 is 1.61 bits per heavy atom. The SMILES string of the molecule is CC(C(=O)NCC1CCCN1)c1cccc(F)c1. The zero-order valence-electron chi connectivity index (χ0n) is 10.6. The highest BCUT2D eigenvalue weighted by Crippen LogP contribution is 2.16. The summed E-state index contributed by atoms with van der Waals surface area (Å²) in [5.74, 6) is -0.666. The molecule has 18 heavy (non-hydrogen) atoms. The van der Waals surface area contributed by atoms with Crippen LogP contribution in [0.3, 0.4) is 0 Å². The van der Waals surface area contributed by atoms with E-state index in [1.807, 2.05) is 0 Å². The molecule has 0 aliphatic carbocycles. The van der Waals surface area contributed by atoms with E-state index in [4.69, 9.17) is 0 Å². The van der Waals surface area contributed by atoms with Crippen LogP contribution in [0.15, 0.2) is 24.3 Å². The Kier molecular flexibility index (Phi) is 4.31. The Bertz CT molecular complexity index is 416. The molecule has 1 saturated heterocycles. The van der Waals surface area contributed by atoms with Crippen molar-refractivity contribution in [2.75, 3.05) is 13.1 Å². The molecule has 1 fully saturated rings. The average Bonchev–Trinajstić information content (AvgIpc) is 2.88. The van der Waals surface area contributed by atoms with E-state index in [0.717, 1.165) is 13.0 Å². The third kappa shape index (κ3) is 3.29. The van der Waals surface area contributed by atoms with Gasteiger partial charge in [0.05, 0.1) is 5.92 Å². The van der Waals surface area contributed by atoms with E-state index < -0.39 is 0 Å². The van der Waals surface area contributed by atoms with Gasteiger partial charge in [-0.1, -0.05) is 12.1 Å². The Labute approximate surface area is 107 Å². The number of hydrogen-bond acceptors (Lipinski definition) is 2. The van der Waals surface area contributed by atoms with Crippen molar-refractivity contribution >= 4 is 5.91 Å². The maximum absolute atomic E-state index is 13.1.